The van der Waals surface area contributed by atoms with Gasteiger partial charge in [0, 0.05) is 11.4 Å². The van der Waals surface area contributed by atoms with E-state index in [1.54, 1.807) is 16.7 Å². The van der Waals surface area contributed by atoms with Crippen LogP contribution < -0.4 is 5.32 Å². The highest BCUT2D eigenvalue weighted by molar-refractivity contribution is 8.00. The fourth-order valence-electron chi connectivity index (χ4n) is 4.35. The number of unbranched alkanes of at least 4 members (excludes halogenated alkanes) is 1. The highest BCUT2D eigenvalue weighted by atomic mass is 32.2. The third kappa shape index (κ3) is 5.27. The number of amides is 2. The van der Waals surface area contributed by atoms with Gasteiger partial charge in [0.25, 0.3) is 0 Å². The molecule has 2 aliphatic rings. The molecule has 2 atom stereocenters. The molecule has 1 aromatic carbocycles. The van der Waals surface area contributed by atoms with E-state index in [2.05, 4.69) is 12.2 Å². The standard InChI is InChI=1S/C23H34N2O3S/c1-4-5-14-28-22(26)19-15-29-21(18-12-7-6-8-13-18)25(19)23(27)24-20-16(2)10-9-11-17(20)3/h9-11,18-19,21H,4-8,12-15H2,1-3H3,(H,24,27)/t19-,21-/m0/s1. The summed E-state index contributed by atoms with van der Waals surface area (Å²) in [6, 6.07) is 5.30. The Morgan fingerprint density at radius 3 is 2.52 bits per heavy atom. The highest BCUT2D eigenvalue weighted by Gasteiger charge is 2.45. The Balaban J connectivity index is 1.80. The zero-order valence-electron chi connectivity index (χ0n) is 17.9. The molecule has 0 unspecified atom stereocenters. The molecule has 160 valence electrons. The van der Waals surface area contributed by atoms with Crippen LogP contribution in [0.1, 0.15) is 63.0 Å². The number of rotatable bonds is 6. The summed E-state index contributed by atoms with van der Waals surface area (Å²) in [5, 5.41) is 3.15. The number of hydrogen-bond donors (Lipinski definition) is 1. The van der Waals surface area contributed by atoms with Crippen LogP contribution in [-0.4, -0.2) is 40.7 Å². The van der Waals surface area contributed by atoms with Gasteiger partial charge in [0.05, 0.1) is 12.0 Å². The molecule has 1 aliphatic carbocycles. The molecular weight excluding hydrogens is 384 g/mol. The van der Waals surface area contributed by atoms with Gasteiger partial charge in [-0.15, -0.1) is 11.8 Å². The van der Waals surface area contributed by atoms with Crippen LogP contribution in [0.15, 0.2) is 18.2 Å². The summed E-state index contributed by atoms with van der Waals surface area (Å²) in [6.07, 6.45) is 7.77. The van der Waals surface area contributed by atoms with Crippen LogP contribution in [0.3, 0.4) is 0 Å². The molecule has 2 amide bonds. The first kappa shape index (κ1) is 22.0. The van der Waals surface area contributed by atoms with Crippen molar-refractivity contribution >= 4 is 29.4 Å². The first-order chi connectivity index (χ1) is 14.0. The molecule has 1 aromatic rings. The van der Waals surface area contributed by atoms with Crippen molar-refractivity contribution < 1.29 is 14.3 Å². The largest absolute Gasteiger partial charge is 0.464 e. The number of nitrogens with one attached hydrogen (secondary N) is 1. The molecule has 2 fully saturated rings. The molecule has 0 aromatic heterocycles. The third-order valence-corrected chi connectivity index (χ3v) is 7.51. The summed E-state index contributed by atoms with van der Waals surface area (Å²) in [7, 11) is 0. The van der Waals surface area contributed by atoms with E-state index in [1.807, 2.05) is 32.0 Å². The van der Waals surface area contributed by atoms with Gasteiger partial charge in [-0.1, -0.05) is 50.8 Å². The Hall–Kier alpha value is -1.69. The molecule has 0 bridgehead atoms. The molecule has 1 aliphatic heterocycles. The number of aryl methyl sites for hydroxylation is 2. The summed E-state index contributed by atoms with van der Waals surface area (Å²) < 4.78 is 5.51. The maximum atomic E-state index is 13.4. The summed E-state index contributed by atoms with van der Waals surface area (Å²) in [5.41, 5.74) is 2.90. The average molecular weight is 419 g/mol. The normalized spacial score (nSPS) is 22.5. The number of carbonyl (C=O) groups excluding carboxylic acids is 2. The van der Waals surface area contributed by atoms with Gasteiger partial charge in [-0.25, -0.2) is 9.59 Å². The number of benzene rings is 1. The van der Waals surface area contributed by atoms with Gasteiger partial charge in [-0.2, -0.15) is 0 Å². The monoisotopic (exact) mass is 418 g/mol. The van der Waals surface area contributed by atoms with E-state index >= 15 is 0 Å². The number of anilines is 1. The van der Waals surface area contributed by atoms with Crippen LogP contribution in [-0.2, 0) is 9.53 Å². The molecule has 1 heterocycles. The van der Waals surface area contributed by atoms with E-state index < -0.39 is 6.04 Å². The number of hydrogen-bond acceptors (Lipinski definition) is 4. The van der Waals surface area contributed by atoms with Crippen molar-refractivity contribution in [2.24, 2.45) is 5.92 Å². The van der Waals surface area contributed by atoms with Gasteiger partial charge >= 0.3 is 12.0 Å². The lowest BCUT2D eigenvalue weighted by Crippen LogP contribution is -2.50. The Labute approximate surface area is 178 Å². The lowest BCUT2D eigenvalue weighted by atomic mass is 9.88. The van der Waals surface area contributed by atoms with Crippen molar-refractivity contribution in [2.45, 2.75) is 77.1 Å². The lowest BCUT2D eigenvalue weighted by molar-refractivity contribution is -0.148. The van der Waals surface area contributed by atoms with E-state index in [1.165, 1.54) is 19.3 Å². The number of carbonyl (C=O) groups is 2. The minimum atomic E-state index is -0.506. The first-order valence-electron chi connectivity index (χ1n) is 11.0. The van der Waals surface area contributed by atoms with Gasteiger partial charge in [0.15, 0.2) is 0 Å². The predicted octanol–water partition coefficient (Wildman–Crippen LogP) is 5.50. The maximum absolute atomic E-state index is 13.4. The van der Waals surface area contributed by atoms with Gasteiger partial charge in [-0.05, 0) is 50.2 Å². The molecule has 0 radical (unpaired) electrons. The van der Waals surface area contributed by atoms with E-state index in [0.717, 1.165) is 42.5 Å². The summed E-state index contributed by atoms with van der Waals surface area (Å²) in [4.78, 5) is 28.0. The average Bonchev–Trinajstić information content (AvgIpc) is 3.17. The fraction of sp³-hybridized carbons (Fsp3) is 0.652. The second-order valence-electron chi connectivity index (χ2n) is 8.26. The molecule has 5 nitrogen and oxygen atoms in total. The van der Waals surface area contributed by atoms with Crippen LogP contribution in [0.25, 0.3) is 0 Å². The number of thioether (sulfide) groups is 1. The van der Waals surface area contributed by atoms with Crippen LogP contribution >= 0.6 is 11.8 Å². The smallest absolute Gasteiger partial charge is 0.329 e. The van der Waals surface area contributed by atoms with E-state index in [0.29, 0.717) is 18.3 Å². The quantitative estimate of drug-likeness (QED) is 0.489. The molecule has 6 heteroatoms. The molecule has 3 rings (SSSR count). The number of ether oxygens (including phenoxy) is 1. The van der Waals surface area contributed by atoms with Crippen LogP contribution in [0.5, 0.6) is 0 Å². The SMILES string of the molecule is CCCCOC(=O)[C@@H]1CS[C@@H](C2CCCCC2)N1C(=O)Nc1c(C)cccc1C. The summed E-state index contributed by atoms with van der Waals surface area (Å²) in [5.74, 6) is 0.804. The van der Waals surface area contributed by atoms with Gasteiger partial charge in [-0.3, -0.25) is 4.90 Å². The minimum Gasteiger partial charge on any atom is -0.464 e. The third-order valence-electron chi connectivity index (χ3n) is 6.05. The van der Waals surface area contributed by atoms with Crippen molar-refractivity contribution in [1.82, 2.24) is 4.90 Å². The van der Waals surface area contributed by atoms with Crippen LogP contribution in [0.4, 0.5) is 10.5 Å². The zero-order chi connectivity index (χ0) is 20.8. The van der Waals surface area contributed by atoms with E-state index in [-0.39, 0.29) is 17.4 Å². The fourth-order valence-corrected chi connectivity index (χ4v) is 5.97. The van der Waals surface area contributed by atoms with E-state index in [9.17, 15) is 9.59 Å². The molecular formula is C23H34N2O3S. The first-order valence-corrected chi connectivity index (χ1v) is 12.0. The molecule has 29 heavy (non-hydrogen) atoms. The van der Waals surface area contributed by atoms with Gasteiger partial charge in [0.2, 0.25) is 0 Å². The molecule has 1 saturated carbocycles. The van der Waals surface area contributed by atoms with Crippen molar-refractivity contribution in [3.63, 3.8) is 0 Å². The Kier molecular flexibility index (Phi) is 7.87. The Morgan fingerprint density at radius 1 is 1.17 bits per heavy atom. The minimum absolute atomic E-state index is 0.0448. The zero-order valence-corrected chi connectivity index (χ0v) is 18.7. The lowest BCUT2D eigenvalue weighted by Gasteiger charge is -2.35. The van der Waals surface area contributed by atoms with Crippen LogP contribution in [0.2, 0.25) is 0 Å². The predicted molar refractivity (Wildman–Crippen MR) is 119 cm³/mol. The van der Waals surface area contributed by atoms with E-state index in [4.69, 9.17) is 4.74 Å². The van der Waals surface area contributed by atoms with Crippen molar-refractivity contribution in [3.8, 4) is 0 Å². The summed E-state index contributed by atoms with van der Waals surface area (Å²) in [6.45, 7) is 6.49. The topological polar surface area (TPSA) is 58.6 Å². The molecule has 1 saturated heterocycles. The highest BCUT2D eigenvalue weighted by Crippen LogP contribution is 2.41. The second kappa shape index (κ2) is 10.4. The Morgan fingerprint density at radius 2 is 1.86 bits per heavy atom. The van der Waals surface area contributed by atoms with Crippen molar-refractivity contribution in [2.75, 3.05) is 17.7 Å². The number of esters is 1. The van der Waals surface area contributed by atoms with Crippen molar-refractivity contribution in [3.05, 3.63) is 29.3 Å². The van der Waals surface area contributed by atoms with Gasteiger partial charge < -0.3 is 10.1 Å². The number of nitrogens with zero attached hydrogens (tertiary/aromatic N) is 1. The summed E-state index contributed by atoms with van der Waals surface area (Å²) >= 11 is 1.74. The Bertz CT molecular complexity index is 698. The number of para-hydroxylation sites is 1. The second-order valence-corrected chi connectivity index (χ2v) is 9.41. The molecule has 1 N–H and O–H groups in total. The van der Waals surface area contributed by atoms with Crippen molar-refractivity contribution in [1.29, 1.82) is 0 Å². The van der Waals surface area contributed by atoms with Crippen LogP contribution in [0, 0.1) is 19.8 Å². The number of urea groups is 1. The molecule has 0 spiro atoms. The van der Waals surface area contributed by atoms with Gasteiger partial charge in [0.1, 0.15) is 6.04 Å². The maximum Gasteiger partial charge on any atom is 0.329 e.